The molecule has 2 heterocycles. The Balaban J connectivity index is 1.93. The number of nitrogens with one attached hydrogen (secondary N) is 1. The molecule has 1 aromatic carbocycles. The predicted octanol–water partition coefficient (Wildman–Crippen LogP) is 2.30. The molecule has 7 nitrogen and oxygen atoms in total. The van der Waals surface area contributed by atoms with Gasteiger partial charge in [-0.2, -0.15) is 5.26 Å². The summed E-state index contributed by atoms with van der Waals surface area (Å²) in [6, 6.07) is 10.2. The van der Waals surface area contributed by atoms with Gasteiger partial charge in [0, 0.05) is 30.9 Å². The first-order chi connectivity index (χ1) is 10.7. The lowest BCUT2D eigenvalue weighted by Crippen LogP contribution is -2.36. The van der Waals surface area contributed by atoms with E-state index in [2.05, 4.69) is 16.0 Å². The van der Waals surface area contributed by atoms with Gasteiger partial charge in [-0.15, -0.1) is 0 Å². The molecule has 0 spiro atoms. The first-order valence-electron chi connectivity index (χ1n) is 6.89. The molecular formula is C15H14N4O3. The monoisotopic (exact) mass is 298 g/mol. The molecule has 1 aromatic heterocycles. The van der Waals surface area contributed by atoms with Crippen molar-refractivity contribution in [3.63, 3.8) is 0 Å². The Hall–Kier alpha value is -2.85. The van der Waals surface area contributed by atoms with Gasteiger partial charge in [0.2, 0.25) is 0 Å². The molecule has 3 rings (SSSR count). The minimum atomic E-state index is -0.432. The van der Waals surface area contributed by atoms with E-state index in [4.69, 9.17) is 4.74 Å². The van der Waals surface area contributed by atoms with Gasteiger partial charge < -0.3 is 14.6 Å². The second kappa shape index (κ2) is 5.87. The number of nitro benzene ring substituents is 1. The molecule has 1 N–H and O–H groups in total. The first kappa shape index (κ1) is 14.1. The van der Waals surface area contributed by atoms with Crippen molar-refractivity contribution in [2.45, 2.75) is 0 Å². The zero-order chi connectivity index (χ0) is 15.5. The fourth-order valence-corrected chi connectivity index (χ4v) is 2.48. The van der Waals surface area contributed by atoms with Crippen LogP contribution in [0.1, 0.15) is 5.56 Å². The minimum Gasteiger partial charge on any atom is -0.378 e. The van der Waals surface area contributed by atoms with E-state index in [1.807, 2.05) is 0 Å². The second-order valence-corrected chi connectivity index (χ2v) is 4.96. The summed E-state index contributed by atoms with van der Waals surface area (Å²) in [5.41, 5.74) is 2.19. The molecule has 0 unspecified atom stereocenters. The van der Waals surface area contributed by atoms with E-state index in [1.54, 1.807) is 18.2 Å². The molecule has 1 fully saturated rings. The van der Waals surface area contributed by atoms with Crippen molar-refractivity contribution < 1.29 is 9.66 Å². The second-order valence-electron chi connectivity index (χ2n) is 4.96. The summed E-state index contributed by atoms with van der Waals surface area (Å²) >= 11 is 0. The maximum atomic E-state index is 10.7. The zero-order valence-electron chi connectivity index (χ0n) is 11.8. The largest absolute Gasteiger partial charge is 0.378 e. The molecule has 1 saturated heterocycles. The van der Waals surface area contributed by atoms with Gasteiger partial charge in [0.15, 0.2) is 0 Å². The van der Waals surface area contributed by atoms with Crippen LogP contribution >= 0.6 is 0 Å². The van der Waals surface area contributed by atoms with Gasteiger partial charge in [-0.25, -0.2) is 0 Å². The Bertz CT molecular complexity index is 724. The third-order valence-corrected chi connectivity index (χ3v) is 3.63. The van der Waals surface area contributed by atoms with Gasteiger partial charge in [0.1, 0.15) is 11.9 Å². The summed E-state index contributed by atoms with van der Waals surface area (Å²) < 4.78 is 5.32. The van der Waals surface area contributed by atoms with E-state index in [0.717, 1.165) is 30.2 Å². The van der Waals surface area contributed by atoms with E-state index < -0.39 is 4.92 Å². The normalized spacial score (nSPS) is 14.6. The Morgan fingerprint density at radius 1 is 1.27 bits per heavy atom. The molecule has 0 radical (unpaired) electrons. The highest BCUT2D eigenvalue weighted by molar-refractivity contribution is 5.70. The van der Waals surface area contributed by atoms with Gasteiger partial charge in [-0.05, 0) is 23.8 Å². The highest BCUT2D eigenvalue weighted by Crippen LogP contribution is 2.28. The maximum absolute atomic E-state index is 10.7. The molecular weight excluding hydrogens is 284 g/mol. The minimum absolute atomic E-state index is 0.0456. The standard InChI is InChI=1S/C15H14N4O3/c16-10-12-9-14(11-1-3-13(4-2-11)19(20)21)17-15(12)18-5-7-22-8-6-18/h1-4,9,17H,5-8H2. The van der Waals surface area contributed by atoms with Crippen molar-refractivity contribution in [3.8, 4) is 17.3 Å². The molecule has 1 aliphatic heterocycles. The van der Waals surface area contributed by atoms with Crippen molar-refractivity contribution in [2.24, 2.45) is 0 Å². The molecule has 0 bridgehead atoms. The third-order valence-electron chi connectivity index (χ3n) is 3.63. The average Bonchev–Trinajstić information content (AvgIpc) is 3.00. The molecule has 0 saturated carbocycles. The van der Waals surface area contributed by atoms with Crippen LogP contribution in [-0.2, 0) is 4.74 Å². The lowest BCUT2D eigenvalue weighted by molar-refractivity contribution is -0.384. The number of aromatic amines is 1. The van der Waals surface area contributed by atoms with Crippen LogP contribution in [0.15, 0.2) is 30.3 Å². The van der Waals surface area contributed by atoms with Crippen molar-refractivity contribution >= 4 is 11.5 Å². The highest BCUT2D eigenvalue weighted by atomic mass is 16.6. The summed E-state index contributed by atoms with van der Waals surface area (Å²) in [6.07, 6.45) is 0. The number of nitriles is 1. The number of nitrogens with zero attached hydrogens (tertiary/aromatic N) is 3. The van der Waals surface area contributed by atoms with Gasteiger partial charge in [0.05, 0.1) is 23.7 Å². The lowest BCUT2D eigenvalue weighted by atomic mass is 10.1. The number of aromatic nitrogens is 1. The molecule has 22 heavy (non-hydrogen) atoms. The van der Waals surface area contributed by atoms with Crippen molar-refractivity contribution in [3.05, 3.63) is 46.0 Å². The molecule has 0 atom stereocenters. The van der Waals surface area contributed by atoms with E-state index >= 15 is 0 Å². The summed E-state index contributed by atoms with van der Waals surface area (Å²) in [5.74, 6) is 0.777. The lowest BCUT2D eigenvalue weighted by Gasteiger charge is -2.27. The molecule has 7 heteroatoms. The number of ether oxygens (including phenoxy) is 1. The third kappa shape index (κ3) is 2.64. The van der Waals surface area contributed by atoms with E-state index in [0.29, 0.717) is 18.8 Å². The highest BCUT2D eigenvalue weighted by Gasteiger charge is 2.18. The smallest absolute Gasteiger partial charge is 0.269 e. The van der Waals surface area contributed by atoms with Gasteiger partial charge in [-0.1, -0.05) is 0 Å². The number of hydrogen-bond donors (Lipinski definition) is 1. The van der Waals surface area contributed by atoms with Crippen LogP contribution in [0.5, 0.6) is 0 Å². The van der Waals surface area contributed by atoms with E-state index in [1.165, 1.54) is 12.1 Å². The van der Waals surface area contributed by atoms with Crippen molar-refractivity contribution in [2.75, 3.05) is 31.2 Å². The number of non-ortho nitro benzene ring substituents is 1. The molecule has 0 amide bonds. The topological polar surface area (TPSA) is 95.2 Å². The Morgan fingerprint density at radius 3 is 2.55 bits per heavy atom. The van der Waals surface area contributed by atoms with Crippen LogP contribution in [0.4, 0.5) is 11.5 Å². The van der Waals surface area contributed by atoms with Crippen LogP contribution in [-0.4, -0.2) is 36.2 Å². The average molecular weight is 298 g/mol. The SMILES string of the molecule is N#Cc1cc(-c2ccc([N+](=O)[O-])cc2)[nH]c1N1CCOCC1. The van der Waals surface area contributed by atoms with Gasteiger partial charge in [0.25, 0.3) is 5.69 Å². The molecule has 0 aliphatic carbocycles. The van der Waals surface area contributed by atoms with Crippen LogP contribution in [0.2, 0.25) is 0 Å². The van der Waals surface area contributed by atoms with Crippen LogP contribution < -0.4 is 4.90 Å². The van der Waals surface area contributed by atoms with E-state index in [9.17, 15) is 15.4 Å². The van der Waals surface area contributed by atoms with Crippen LogP contribution in [0.3, 0.4) is 0 Å². The summed E-state index contributed by atoms with van der Waals surface area (Å²) in [4.78, 5) is 15.6. The fraction of sp³-hybridized carbons (Fsp3) is 0.267. The Labute approximate surface area is 126 Å². The molecule has 1 aliphatic rings. The van der Waals surface area contributed by atoms with Gasteiger partial charge >= 0.3 is 0 Å². The van der Waals surface area contributed by atoms with Crippen LogP contribution in [0, 0.1) is 21.4 Å². The predicted molar refractivity (Wildman–Crippen MR) is 80.6 cm³/mol. The number of H-pyrrole nitrogens is 1. The summed E-state index contributed by atoms with van der Waals surface area (Å²) in [5, 5.41) is 20.0. The van der Waals surface area contributed by atoms with Crippen molar-refractivity contribution in [1.82, 2.24) is 4.98 Å². The van der Waals surface area contributed by atoms with Crippen molar-refractivity contribution in [1.29, 1.82) is 5.26 Å². The number of benzene rings is 1. The Morgan fingerprint density at radius 2 is 1.95 bits per heavy atom. The number of rotatable bonds is 3. The number of hydrogen-bond acceptors (Lipinski definition) is 5. The Kier molecular flexibility index (Phi) is 3.76. The number of anilines is 1. The van der Waals surface area contributed by atoms with Crippen LogP contribution in [0.25, 0.3) is 11.3 Å². The fourth-order valence-electron chi connectivity index (χ4n) is 2.48. The first-order valence-corrected chi connectivity index (χ1v) is 6.89. The quantitative estimate of drug-likeness (QED) is 0.693. The van der Waals surface area contributed by atoms with Gasteiger partial charge in [-0.3, -0.25) is 10.1 Å². The summed E-state index contributed by atoms with van der Waals surface area (Å²) in [7, 11) is 0. The van der Waals surface area contributed by atoms with E-state index in [-0.39, 0.29) is 5.69 Å². The molecule has 2 aromatic rings. The molecule has 112 valence electrons. The summed E-state index contributed by atoms with van der Waals surface area (Å²) in [6.45, 7) is 2.73. The maximum Gasteiger partial charge on any atom is 0.269 e. The number of morpholine rings is 1. The number of nitro groups is 1. The zero-order valence-corrected chi connectivity index (χ0v) is 11.8.